The quantitative estimate of drug-likeness (QED) is 0.579. The Balaban J connectivity index is 2.04. The van der Waals surface area contributed by atoms with Crippen LogP contribution in [0.25, 0.3) is 0 Å². The molecule has 0 unspecified atom stereocenters. The van der Waals surface area contributed by atoms with Crippen LogP contribution >= 0.6 is 11.3 Å². The highest BCUT2D eigenvalue weighted by Crippen LogP contribution is 2.04. The van der Waals surface area contributed by atoms with Crippen LogP contribution in [0.2, 0.25) is 0 Å². The minimum Gasteiger partial charge on any atom is -0.407 e. The molecular weight excluding hydrogens is 159 g/mol. The average molecular weight is 168 g/mol. The van der Waals surface area contributed by atoms with Crippen molar-refractivity contribution in [2.24, 2.45) is 0 Å². The Bertz CT molecular complexity index is 206. The van der Waals surface area contributed by atoms with Gasteiger partial charge in [-0.1, -0.05) is 12.1 Å². The van der Waals surface area contributed by atoms with Crippen molar-refractivity contribution < 1.29 is 9.31 Å². The lowest BCUT2D eigenvalue weighted by molar-refractivity contribution is 0.144. The fourth-order valence-electron chi connectivity index (χ4n) is 1.08. The molecule has 1 fully saturated rings. The SMILES string of the molecule is c1csc(B2OCCCO2)c1. The van der Waals surface area contributed by atoms with Gasteiger partial charge in [-0.2, -0.15) is 11.3 Å². The fraction of sp³-hybridized carbons (Fsp3) is 0.429. The standard InChI is InChI=1S/C7H9BO2S/c1-3-7(11-6-1)8-9-4-2-5-10-8/h1,3,6H,2,4-5H2. The molecule has 11 heavy (non-hydrogen) atoms. The van der Waals surface area contributed by atoms with Gasteiger partial charge in [0.2, 0.25) is 0 Å². The highest BCUT2D eigenvalue weighted by Gasteiger charge is 2.24. The summed E-state index contributed by atoms with van der Waals surface area (Å²) in [6, 6.07) is 4.06. The monoisotopic (exact) mass is 168 g/mol. The Morgan fingerprint density at radius 2 is 2.18 bits per heavy atom. The van der Waals surface area contributed by atoms with Gasteiger partial charge in [0.15, 0.2) is 0 Å². The first-order chi connectivity index (χ1) is 5.47. The number of thiophene rings is 1. The van der Waals surface area contributed by atoms with Crippen molar-refractivity contribution in [2.75, 3.05) is 13.2 Å². The lowest BCUT2D eigenvalue weighted by Gasteiger charge is -2.18. The van der Waals surface area contributed by atoms with Crippen molar-refractivity contribution in [2.45, 2.75) is 6.42 Å². The third kappa shape index (κ3) is 1.64. The van der Waals surface area contributed by atoms with E-state index in [9.17, 15) is 0 Å². The van der Waals surface area contributed by atoms with E-state index >= 15 is 0 Å². The third-order valence-corrected chi connectivity index (χ3v) is 2.50. The molecule has 1 aromatic rings. The maximum absolute atomic E-state index is 5.41. The molecule has 0 amide bonds. The molecule has 1 aliphatic rings. The lowest BCUT2D eigenvalue weighted by atomic mass is 9.86. The second kappa shape index (κ2) is 3.39. The first-order valence-corrected chi connectivity index (χ1v) is 4.61. The Morgan fingerprint density at radius 1 is 1.36 bits per heavy atom. The molecule has 0 N–H and O–H groups in total. The first-order valence-electron chi connectivity index (χ1n) is 3.73. The van der Waals surface area contributed by atoms with Crippen LogP contribution in [0.1, 0.15) is 6.42 Å². The highest BCUT2D eigenvalue weighted by molar-refractivity contribution is 7.20. The molecule has 1 saturated heterocycles. The van der Waals surface area contributed by atoms with Gasteiger partial charge in [-0.3, -0.25) is 0 Å². The fourth-order valence-corrected chi connectivity index (χ4v) is 1.80. The first kappa shape index (κ1) is 7.34. The van der Waals surface area contributed by atoms with E-state index in [0.717, 1.165) is 19.6 Å². The number of hydrogen-bond acceptors (Lipinski definition) is 3. The summed E-state index contributed by atoms with van der Waals surface area (Å²) < 4.78 is 12.0. The van der Waals surface area contributed by atoms with Gasteiger partial charge in [0.1, 0.15) is 0 Å². The molecule has 58 valence electrons. The number of rotatable bonds is 1. The molecule has 2 rings (SSSR count). The van der Waals surface area contributed by atoms with E-state index in [1.807, 2.05) is 17.5 Å². The van der Waals surface area contributed by atoms with Crippen LogP contribution < -0.4 is 4.78 Å². The second-order valence-electron chi connectivity index (χ2n) is 2.44. The molecule has 2 nitrogen and oxygen atoms in total. The Morgan fingerprint density at radius 3 is 2.82 bits per heavy atom. The average Bonchev–Trinajstić information content (AvgIpc) is 2.58. The predicted molar refractivity (Wildman–Crippen MR) is 46.2 cm³/mol. The van der Waals surface area contributed by atoms with E-state index in [-0.39, 0.29) is 7.12 Å². The summed E-state index contributed by atoms with van der Waals surface area (Å²) >= 11 is 1.68. The molecule has 0 aliphatic carbocycles. The van der Waals surface area contributed by atoms with Crippen LogP contribution in [0, 0.1) is 0 Å². The summed E-state index contributed by atoms with van der Waals surface area (Å²) in [6.45, 7) is 1.64. The van der Waals surface area contributed by atoms with Crippen molar-refractivity contribution in [3.8, 4) is 0 Å². The molecule has 1 aliphatic heterocycles. The Hall–Kier alpha value is -0.315. The van der Waals surface area contributed by atoms with Gasteiger partial charge in [-0.05, 0) is 11.8 Å². The normalized spacial score (nSPS) is 18.7. The van der Waals surface area contributed by atoms with Gasteiger partial charge in [-0.25, -0.2) is 0 Å². The van der Waals surface area contributed by atoms with Crippen LogP contribution in [0.5, 0.6) is 0 Å². The van der Waals surface area contributed by atoms with Crippen LogP contribution in [0.4, 0.5) is 0 Å². The van der Waals surface area contributed by atoms with Crippen molar-refractivity contribution in [3.05, 3.63) is 17.5 Å². The summed E-state index contributed by atoms with van der Waals surface area (Å²) in [5.41, 5.74) is 0. The smallest absolute Gasteiger partial charge is 0.407 e. The van der Waals surface area contributed by atoms with E-state index in [1.54, 1.807) is 11.3 Å². The van der Waals surface area contributed by atoms with Crippen LogP contribution in [-0.2, 0) is 9.31 Å². The molecule has 1 aromatic heterocycles. The predicted octanol–water partition coefficient (Wildman–Crippen LogP) is 0.880. The van der Waals surface area contributed by atoms with Crippen molar-refractivity contribution >= 4 is 23.2 Å². The van der Waals surface area contributed by atoms with Crippen molar-refractivity contribution in [3.63, 3.8) is 0 Å². The molecule has 0 radical (unpaired) electrons. The largest absolute Gasteiger partial charge is 0.504 e. The van der Waals surface area contributed by atoms with Gasteiger partial charge in [0, 0.05) is 18.0 Å². The van der Waals surface area contributed by atoms with E-state index in [0.29, 0.717) is 0 Å². The Kier molecular flexibility index (Phi) is 2.26. The maximum atomic E-state index is 5.41. The maximum Gasteiger partial charge on any atom is 0.504 e. The van der Waals surface area contributed by atoms with Gasteiger partial charge in [0.25, 0.3) is 0 Å². The highest BCUT2D eigenvalue weighted by atomic mass is 32.1. The molecule has 0 atom stereocenters. The molecule has 0 bridgehead atoms. The molecular formula is C7H9BO2S. The minimum atomic E-state index is -0.0938. The summed E-state index contributed by atoms with van der Waals surface area (Å²) in [4.78, 5) is 0. The molecule has 0 aromatic carbocycles. The van der Waals surface area contributed by atoms with Gasteiger partial charge < -0.3 is 9.31 Å². The minimum absolute atomic E-state index is 0.0938. The van der Waals surface area contributed by atoms with E-state index in [1.165, 1.54) is 4.78 Å². The van der Waals surface area contributed by atoms with Crippen molar-refractivity contribution in [1.29, 1.82) is 0 Å². The van der Waals surface area contributed by atoms with Crippen LogP contribution in [0.3, 0.4) is 0 Å². The molecule has 0 spiro atoms. The van der Waals surface area contributed by atoms with Gasteiger partial charge in [0.05, 0.1) is 0 Å². The zero-order valence-electron chi connectivity index (χ0n) is 6.16. The third-order valence-electron chi connectivity index (χ3n) is 1.60. The summed E-state index contributed by atoms with van der Waals surface area (Å²) in [5.74, 6) is 0. The van der Waals surface area contributed by atoms with Gasteiger partial charge in [-0.15, -0.1) is 0 Å². The zero-order valence-corrected chi connectivity index (χ0v) is 6.97. The van der Waals surface area contributed by atoms with E-state index in [2.05, 4.69) is 0 Å². The second-order valence-corrected chi connectivity index (χ2v) is 3.42. The molecule has 4 heteroatoms. The summed E-state index contributed by atoms with van der Waals surface area (Å²) in [7, 11) is -0.0938. The van der Waals surface area contributed by atoms with E-state index in [4.69, 9.17) is 9.31 Å². The zero-order chi connectivity index (χ0) is 7.52. The van der Waals surface area contributed by atoms with Crippen LogP contribution in [-0.4, -0.2) is 20.3 Å². The molecule has 0 saturated carbocycles. The van der Waals surface area contributed by atoms with Gasteiger partial charge >= 0.3 is 7.12 Å². The lowest BCUT2D eigenvalue weighted by Crippen LogP contribution is -2.39. The van der Waals surface area contributed by atoms with E-state index < -0.39 is 0 Å². The Labute approximate surface area is 70.3 Å². The van der Waals surface area contributed by atoms with Crippen LogP contribution in [0.15, 0.2) is 17.5 Å². The topological polar surface area (TPSA) is 18.5 Å². The molecule has 2 heterocycles. The number of hydrogen-bond donors (Lipinski definition) is 0. The summed E-state index contributed by atoms with van der Waals surface area (Å²) in [5, 5.41) is 2.04. The van der Waals surface area contributed by atoms with Crippen molar-refractivity contribution in [1.82, 2.24) is 0 Å². The summed E-state index contributed by atoms with van der Waals surface area (Å²) in [6.07, 6.45) is 1.02.